The summed E-state index contributed by atoms with van der Waals surface area (Å²) in [5, 5.41) is 1.87. The van der Waals surface area contributed by atoms with Gasteiger partial charge < -0.3 is 0 Å². The Morgan fingerprint density at radius 1 is 0.952 bits per heavy atom. The van der Waals surface area contributed by atoms with Crippen molar-refractivity contribution in [3.8, 4) is 0 Å². The van der Waals surface area contributed by atoms with E-state index < -0.39 is 10.0 Å². The first-order chi connectivity index (χ1) is 10.0. The summed E-state index contributed by atoms with van der Waals surface area (Å²) >= 11 is 3.44. The maximum absolute atomic E-state index is 12.4. The van der Waals surface area contributed by atoms with Crippen LogP contribution in [0.5, 0.6) is 0 Å². The lowest BCUT2D eigenvalue weighted by Gasteiger charge is -2.22. The standard InChI is InChI=1S/C16H18BrNO2S/c17-14-8-6-13-11-15(9-7-12(13)10-14)18-21(19,20)16-4-2-1-3-5-16/h6-11,16,18H,1-5H2. The van der Waals surface area contributed by atoms with E-state index in [1.54, 1.807) is 0 Å². The lowest BCUT2D eigenvalue weighted by molar-refractivity contribution is 0.486. The van der Waals surface area contributed by atoms with Crippen LogP contribution in [0.3, 0.4) is 0 Å². The molecule has 0 heterocycles. The average molecular weight is 368 g/mol. The molecule has 21 heavy (non-hydrogen) atoms. The largest absolute Gasteiger partial charge is 0.283 e. The first-order valence-corrected chi connectivity index (χ1v) is 9.59. The van der Waals surface area contributed by atoms with Crippen LogP contribution in [0.15, 0.2) is 40.9 Å². The van der Waals surface area contributed by atoms with E-state index in [2.05, 4.69) is 20.7 Å². The minimum atomic E-state index is -3.27. The minimum Gasteiger partial charge on any atom is -0.283 e. The van der Waals surface area contributed by atoms with Crippen LogP contribution in [0.1, 0.15) is 32.1 Å². The van der Waals surface area contributed by atoms with Gasteiger partial charge >= 0.3 is 0 Å². The smallest absolute Gasteiger partial charge is 0.235 e. The number of hydrogen-bond acceptors (Lipinski definition) is 2. The van der Waals surface area contributed by atoms with E-state index >= 15 is 0 Å². The zero-order chi connectivity index (χ0) is 14.9. The maximum Gasteiger partial charge on any atom is 0.235 e. The van der Waals surface area contributed by atoms with Gasteiger partial charge in [-0.15, -0.1) is 0 Å². The van der Waals surface area contributed by atoms with E-state index in [4.69, 9.17) is 0 Å². The van der Waals surface area contributed by atoms with Crippen molar-refractivity contribution in [3.63, 3.8) is 0 Å². The Kier molecular flexibility index (Phi) is 4.22. The van der Waals surface area contributed by atoms with Gasteiger partial charge in [0.25, 0.3) is 0 Å². The molecular weight excluding hydrogens is 350 g/mol. The first-order valence-electron chi connectivity index (χ1n) is 7.25. The van der Waals surface area contributed by atoms with E-state index in [9.17, 15) is 8.42 Å². The molecule has 2 aromatic carbocycles. The summed E-state index contributed by atoms with van der Waals surface area (Å²) in [5.74, 6) is 0. The lowest BCUT2D eigenvalue weighted by atomic mass is 10.0. The predicted octanol–water partition coefficient (Wildman–Crippen LogP) is 4.68. The number of benzene rings is 2. The van der Waals surface area contributed by atoms with Gasteiger partial charge in [-0.05, 0) is 47.9 Å². The summed E-state index contributed by atoms with van der Waals surface area (Å²) in [5.41, 5.74) is 0.649. The van der Waals surface area contributed by atoms with Crippen LogP contribution in [-0.4, -0.2) is 13.7 Å². The maximum atomic E-state index is 12.4. The van der Waals surface area contributed by atoms with Crippen molar-refractivity contribution in [1.29, 1.82) is 0 Å². The molecule has 0 radical (unpaired) electrons. The van der Waals surface area contributed by atoms with Gasteiger partial charge in [0, 0.05) is 10.2 Å². The highest BCUT2D eigenvalue weighted by molar-refractivity contribution is 9.10. The van der Waals surface area contributed by atoms with E-state index in [0.29, 0.717) is 5.69 Å². The Labute approximate surface area is 133 Å². The molecule has 1 saturated carbocycles. The summed E-state index contributed by atoms with van der Waals surface area (Å²) in [6, 6.07) is 11.6. The molecule has 2 aromatic rings. The number of rotatable bonds is 3. The normalized spacial score (nSPS) is 17.0. The minimum absolute atomic E-state index is 0.244. The van der Waals surface area contributed by atoms with Crippen molar-refractivity contribution in [2.24, 2.45) is 0 Å². The highest BCUT2D eigenvalue weighted by Crippen LogP contribution is 2.27. The molecule has 5 heteroatoms. The molecule has 0 aliphatic heterocycles. The van der Waals surface area contributed by atoms with Crippen LogP contribution in [0, 0.1) is 0 Å². The van der Waals surface area contributed by atoms with Crippen LogP contribution < -0.4 is 4.72 Å². The fraction of sp³-hybridized carbons (Fsp3) is 0.375. The van der Waals surface area contributed by atoms with Crippen LogP contribution in [0.25, 0.3) is 10.8 Å². The molecule has 3 rings (SSSR count). The molecule has 0 bridgehead atoms. The molecule has 0 spiro atoms. The quantitative estimate of drug-likeness (QED) is 0.855. The van der Waals surface area contributed by atoms with Crippen LogP contribution >= 0.6 is 15.9 Å². The third kappa shape index (κ3) is 3.40. The summed E-state index contributed by atoms with van der Waals surface area (Å²) in [7, 11) is -3.27. The molecule has 0 saturated heterocycles. The number of halogens is 1. The zero-order valence-corrected chi connectivity index (χ0v) is 14.1. The van der Waals surface area contributed by atoms with Gasteiger partial charge in [0.15, 0.2) is 0 Å². The van der Waals surface area contributed by atoms with Crippen molar-refractivity contribution in [2.75, 3.05) is 4.72 Å². The molecule has 1 N–H and O–H groups in total. The molecule has 0 unspecified atom stereocenters. The second kappa shape index (κ2) is 5.97. The lowest BCUT2D eigenvalue weighted by Crippen LogP contribution is -2.29. The monoisotopic (exact) mass is 367 g/mol. The van der Waals surface area contributed by atoms with E-state index in [0.717, 1.165) is 47.3 Å². The fourth-order valence-corrected chi connectivity index (χ4v) is 4.86. The first kappa shape index (κ1) is 14.9. The van der Waals surface area contributed by atoms with Crippen LogP contribution in [-0.2, 0) is 10.0 Å². The molecule has 1 aliphatic carbocycles. The van der Waals surface area contributed by atoms with Gasteiger partial charge in [-0.1, -0.05) is 47.3 Å². The Morgan fingerprint density at radius 2 is 1.62 bits per heavy atom. The number of anilines is 1. The summed E-state index contributed by atoms with van der Waals surface area (Å²) in [6.07, 6.45) is 4.72. The fourth-order valence-electron chi connectivity index (χ4n) is 2.90. The molecule has 0 amide bonds. The summed E-state index contributed by atoms with van der Waals surface area (Å²) < 4.78 is 28.6. The molecule has 1 fully saturated rings. The molecule has 0 atom stereocenters. The second-order valence-electron chi connectivity index (χ2n) is 5.61. The molecular formula is C16H18BrNO2S. The van der Waals surface area contributed by atoms with E-state index in [1.165, 1.54) is 0 Å². The second-order valence-corrected chi connectivity index (χ2v) is 8.49. The van der Waals surface area contributed by atoms with Crippen molar-refractivity contribution in [2.45, 2.75) is 37.4 Å². The van der Waals surface area contributed by atoms with E-state index in [1.807, 2.05) is 36.4 Å². The average Bonchev–Trinajstić information content (AvgIpc) is 2.48. The highest BCUT2D eigenvalue weighted by atomic mass is 79.9. The van der Waals surface area contributed by atoms with Gasteiger partial charge in [0.2, 0.25) is 10.0 Å². The van der Waals surface area contributed by atoms with E-state index in [-0.39, 0.29) is 5.25 Å². The number of hydrogen-bond donors (Lipinski definition) is 1. The predicted molar refractivity (Wildman–Crippen MR) is 91.1 cm³/mol. The zero-order valence-electron chi connectivity index (χ0n) is 11.7. The van der Waals surface area contributed by atoms with Crippen molar-refractivity contribution >= 4 is 42.4 Å². The topological polar surface area (TPSA) is 46.2 Å². The van der Waals surface area contributed by atoms with Gasteiger partial charge in [0.1, 0.15) is 0 Å². The SMILES string of the molecule is O=S(=O)(Nc1ccc2cc(Br)ccc2c1)C1CCCCC1. The van der Waals surface area contributed by atoms with Crippen LogP contribution in [0.2, 0.25) is 0 Å². The molecule has 3 nitrogen and oxygen atoms in total. The molecule has 1 aliphatic rings. The van der Waals surface area contributed by atoms with Gasteiger partial charge in [-0.3, -0.25) is 4.72 Å². The summed E-state index contributed by atoms with van der Waals surface area (Å²) in [6.45, 7) is 0. The number of fused-ring (bicyclic) bond motifs is 1. The van der Waals surface area contributed by atoms with Gasteiger partial charge in [0.05, 0.1) is 5.25 Å². The van der Waals surface area contributed by atoms with Crippen LogP contribution in [0.4, 0.5) is 5.69 Å². The van der Waals surface area contributed by atoms with Crippen molar-refractivity contribution in [1.82, 2.24) is 0 Å². The van der Waals surface area contributed by atoms with Gasteiger partial charge in [-0.25, -0.2) is 8.42 Å². The third-order valence-corrected chi connectivity index (χ3v) is 6.42. The number of nitrogens with one attached hydrogen (secondary N) is 1. The Balaban J connectivity index is 1.85. The highest BCUT2D eigenvalue weighted by Gasteiger charge is 2.27. The number of sulfonamides is 1. The Hall–Kier alpha value is -1.07. The Morgan fingerprint density at radius 3 is 2.38 bits per heavy atom. The Bertz CT molecular complexity index is 752. The third-order valence-electron chi connectivity index (χ3n) is 4.05. The summed E-state index contributed by atoms with van der Waals surface area (Å²) in [4.78, 5) is 0. The van der Waals surface area contributed by atoms with Gasteiger partial charge in [-0.2, -0.15) is 0 Å². The van der Waals surface area contributed by atoms with Crippen molar-refractivity contribution < 1.29 is 8.42 Å². The molecule has 0 aromatic heterocycles. The molecule has 112 valence electrons. The van der Waals surface area contributed by atoms with Crippen molar-refractivity contribution in [3.05, 3.63) is 40.9 Å².